The largest absolute Gasteiger partial charge is 0.480 e. The normalized spacial score (nSPS) is 26.5. The molecular formula is C19H23N3O3. The molecule has 25 heavy (non-hydrogen) atoms. The number of carboxylic acid groups (broad SMARTS) is 1. The summed E-state index contributed by atoms with van der Waals surface area (Å²) in [5.74, 6) is 0.788. The minimum Gasteiger partial charge on any atom is -0.480 e. The Morgan fingerprint density at radius 3 is 2.80 bits per heavy atom. The van der Waals surface area contributed by atoms with Crippen LogP contribution in [0.15, 0.2) is 28.8 Å². The Morgan fingerprint density at radius 1 is 1.28 bits per heavy atom. The maximum absolute atomic E-state index is 11.7. The lowest BCUT2D eigenvalue weighted by Crippen LogP contribution is -2.41. The van der Waals surface area contributed by atoms with Crippen LogP contribution < -0.4 is 0 Å². The molecule has 0 amide bonds. The molecule has 3 atom stereocenters. The predicted octanol–water partition coefficient (Wildman–Crippen LogP) is 3.26. The fourth-order valence-electron chi connectivity index (χ4n) is 4.32. The van der Waals surface area contributed by atoms with Gasteiger partial charge < -0.3 is 9.63 Å². The summed E-state index contributed by atoms with van der Waals surface area (Å²) < 4.78 is 5.42. The number of hydrogen-bond acceptors (Lipinski definition) is 5. The average Bonchev–Trinajstić information content (AvgIpc) is 3.21. The smallest absolute Gasteiger partial charge is 0.320 e. The first-order chi connectivity index (χ1) is 12.1. The highest BCUT2D eigenvalue weighted by atomic mass is 16.5. The number of carboxylic acids is 1. The first kappa shape index (κ1) is 16.3. The number of fused-ring (bicyclic) bond motifs is 1. The second kappa shape index (κ2) is 6.59. The number of aliphatic carboxylic acids is 1. The summed E-state index contributed by atoms with van der Waals surface area (Å²) in [7, 11) is 0. The Kier molecular flexibility index (Phi) is 4.29. The number of benzene rings is 1. The van der Waals surface area contributed by atoms with Crippen molar-refractivity contribution in [2.45, 2.75) is 57.7 Å². The van der Waals surface area contributed by atoms with E-state index in [4.69, 9.17) is 4.52 Å². The maximum atomic E-state index is 11.7. The van der Waals surface area contributed by atoms with E-state index >= 15 is 0 Å². The summed E-state index contributed by atoms with van der Waals surface area (Å²) in [4.78, 5) is 18.3. The lowest BCUT2D eigenvalue weighted by Gasteiger charge is -2.31. The second-order valence-corrected chi connectivity index (χ2v) is 7.25. The zero-order chi connectivity index (χ0) is 17.4. The number of aromatic nitrogens is 2. The van der Waals surface area contributed by atoms with Gasteiger partial charge in [0.1, 0.15) is 6.04 Å². The third-order valence-electron chi connectivity index (χ3n) is 5.60. The molecule has 1 aromatic heterocycles. The molecule has 1 saturated carbocycles. The van der Waals surface area contributed by atoms with Crippen molar-refractivity contribution in [3.8, 4) is 11.4 Å². The van der Waals surface area contributed by atoms with Crippen LogP contribution in [-0.4, -0.2) is 38.2 Å². The van der Waals surface area contributed by atoms with Crippen LogP contribution in [0.2, 0.25) is 0 Å². The van der Waals surface area contributed by atoms with Crippen LogP contribution in [0, 0.1) is 12.8 Å². The van der Waals surface area contributed by atoms with Crippen LogP contribution in [0.5, 0.6) is 0 Å². The van der Waals surface area contributed by atoms with Gasteiger partial charge in [0.25, 0.3) is 0 Å². The Balaban J connectivity index is 1.54. The molecule has 0 unspecified atom stereocenters. The molecule has 6 heteroatoms. The minimum atomic E-state index is -0.743. The number of aryl methyl sites for hydroxylation is 1. The highest BCUT2D eigenvalue weighted by Gasteiger charge is 2.45. The first-order valence-electron chi connectivity index (χ1n) is 9.00. The van der Waals surface area contributed by atoms with Gasteiger partial charge in [-0.1, -0.05) is 47.8 Å². The van der Waals surface area contributed by atoms with Crippen molar-refractivity contribution >= 4 is 5.97 Å². The molecule has 2 fully saturated rings. The van der Waals surface area contributed by atoms with Crippen molar-refractivity contribution in [3.05, 3.63) is 35.7 Å². The van der Waals surface area contributed by atoms with Crippen LogP contribution >= 0.6 is 0 Å². The van der Waals surface area contributed by atoms with Gasteiger partial charge in [-0.2, -0.15) is 4.98 Å². The molecule has 2 heterocycles. The molecule has 6 nitrogen and oxygen atoms in total. The molecular weight excluding hydrogens is 318 g/mol. The highest BCUT2D eigenvalue weighted by Crippen LogP contribution is 2.40. The van der Waals surface area contributed by atoms with E-state index in [2.05, 4.69) is 15.0 Å². The molecule has 132 valence electrons. The summed E-state index contributed by atoms with van der Waals surface area (Å²) >= 11 is 0. The molecule has 0 spiro atoms. The molecule has 1 aliphatic carbocycles. The van der Waals surface area contributed by atoms with E-state index in [0.29, 0.717) is 30.2 Å². The third-order valence-corrected chi connectivity index (χ3v) is 5.60. The van der Waals surface area contributed by atoms with Crippen LogP contribution in [0.1, 0.15) is 43.6 Å². The van der Waals surface area contributed by atoms with Crippen LogP contribution in [0.3, 0.4) is 0 Å². The minimum absolute atomic E-state index is 0.324. The zero-order valence-electron chi connectivity index (χ0n) is 14.4. The lowest BCUT2D eigenvalue weighted by atomic mass is 9.85. The summed E-state index contributed by atoms with van der Waals surface area (Å²) in [6.07, 6.45) is 5.30. The number of carbonyl (C=O) groups is 1. The summed E-state index contributed by atoms with van der Waals surface area (Å²) in [6, 6.07) is 7.85. The molecule has 0 radical (unpaired) electrons. The zero-order valence-corrected chi connectivity index (χ0v) is 14.4. The van der Waals surface area contributed by atoms with E-state index in [1.165, 1.54) is 18.4 Å². The van der Waals surface area contributed by atoms with Gasteiger partial charge in [0.15, 0.2) is 0 Å². The topological polar surface area (TPSA) is 79.5 Å². The summed E-state index contributed by atoms with van der Waals surface area (Å²) in [6.45, 7) is 2.45. The maximum Gasteiger partial charge on any atom is 0.320 e. The van der Waals surface area contributed by atoms with Gasteiger partial charge in [0, 0.05) is 11.6 Å². The van der Waals surface area contributed by atoms with E-state index in [1.807, 2.05) is 31.2 Å². The van der Waals surface area contributed by atoms with Crippen molar-refractivity contribution in [1.82, 2.24) is 15.0 Å². The predicted molar refractivity (Wildman–Crippen MR) is 91.8 cm³/mol. The fraction of sp³-hybridized carbons (Fsp3) is 0.526. The quantitative estimate of drug-likeness (QED) is 0.919. The summed E-state index contributed by atoms with van der Waals surface area (Å²) in [5, 5.41) is 13.7. The van der Waals surface area contributed by atoms with E-state index in [9.17, 15) is 9.90 Å². The standard InChI is InChI=1S/C19H23N3O3/c1-12-6-8-13(9-7-12)18-20-17(25-21-18)11-22-15-5-3-2-4-14(15)10-16(22)19(23)24/h6-9,14-16H,2-5,10-11H2,1H3,(H,23,24)/t14-,15+,16+/m1/s1. The fourth-order valence-corrected chi connectivity index (χ4v) is 4.32. The molecule has 1 aromatic carbocycles. The Labute approximate surface area is 146 Å². The van der Waals surface area contributed by atoms with Gasteiger partial charge in [-0.15, -0.1) is 0 Å². The highest BCUT2D eigenvalue weighted by molar-refractivity contribution is 5.74. The second-order valence-electron chi connectivity index (χ2n) is 7.25. The number of likely N-dealkylation sites (tertiary alicyclic amines) is 1. The van der Waals surface area contributed by atoms with Gasteiger partial charge in [-0.3, -0.25) is 9.69 Å². The monoisotopic (exact) mass is 341 g/mol. The molecule has 1 N–H and O–H groups in total. The van der Waals surface area contributed by atoms with Gasteiger partial charge in [-0.25, -0.2) is 0 Å². The van der Waals surface area contributed by atoms with E-state index in [1.54, 1.807) is 0 Å². The Morgan fingerprint density at radius 2 is 2.04 bits per heavy atom. The molecule has 2 aromatic rings. The van der Waals surface area contributed by atoms with Crippen molar-refractivity contribution in [2.75, 3.05) is 0 Å². The average molecular weight is 341 g/mol. The third kappa shape index (κ3) is 3.18. The van der Waals surface area contributed by atoms with Crippen molar-refractivity contribution < 1.29 is 14.4 Å². The van der Waals surface area contributed by atoms with Crippen molar-refractivity contribution in [1.29, 1.82) is 0 Å². The van der Waals surface area contributed by atoms with Crippen LogP contribution in [0.4, 0.5) is 0 Å². The number of rotatable bonds is 4. The van der Waals surface area contributed by atoms with E-state index in [0.717, 1.165) is 24.8 Å². The SMILES string of the molecule is Cc1ccc(-c2noc(CN3[C@H](C(=O)O)C[C@H]4CCCC[C@@H]43)n2)cc1. The van der Waals surface area contributed by atoms with Crippen LogP contribution in [0.25, 0.3) is 11.4 Å². The number of hydrogen-bond donors (Lipinski definition) is 1. The van der Waals surface area contributed by atoms with Crippen molar-refractivity contribution in [3.63, 3.8) is 0 Å². The summed E-state index contributed by atoms with van der Waals surface area (Å²) in [5.41, 5.74) is 2.09. The Hall–Kier alpha value is -2.21. The molecule has 1 aliphatic heterocycles. The molecule has 2 aliphatic rings. The van der Waals surface area contributed by atoms with Crippen molar-refractivity contribution in [2.24, 2.45) is 5.92 Å². The van der Waals surface area contributed by atoms with Gasteiger partial charge in [0.2, 0.25) is 11.7 Å². The lowest BCUT2D eigenvalue weighted by molar-refractivity contribution is -0.143. The first-order valence-corrected chi connectivity index (χ1v) is 9.00. The molecule has 1 saturated heterocycles. The van der Waals surface area contributed by atoms with E-state index in [-0.39, 0.29) is 0 Å². The van der Waals surface area contributed by atoms with Crippen LogP contribution in [-0.2, 0) is 11.3 Å². The molecule has 0 bridgehead atoms. The Bertz CT molecular complexity index is 756. The number of nitrogens with zero attached hydrogens (tertiary/aromatic N) is 3. The van der Waals surface area contributed by atoms with Gasteiger partial charge >= 0.3 is 5.97 Å². The molecule has 4 rings (SSSR count). The van der Waals surface area contributed by atoms with Gasteiger partial charge in [-0.05, 0) is 32.1 Å². The van der Waals surface area contributed by atoms with E-state index < -0.39 is 12.0 Å². The van der Waals surface area contributed by atoms with Gasteiger partial charge in [0.05, 0.1) is 6.54 Å².